The quantitative estimate of drug-likeness (QED) is 0.656. The number of methoxy groups -OCH3 is 1. The van der Waals surface area contributed by atoms with Crippen LogP contribution >= 0.6 is 0 Å². The van der Waals surface area contributed by atoms with Gasteiger partial charge in [-0.15, -0.1) is 0 Å². The number of ether oxygens (including phenoxy) is 2. The van der Waals surface area contributed by atoms with E-state index in [1.54, 1.807) is 7.11 Å². The highest BCUT2D eigenvalue weighted by molar-refractivity contribution is 5.68. The molecule has 0 aliphatic carbocycles. The third kappa shape index (κ3) is 2.67. The van der Waals surface area contributed by atoms with Crippen molar-refractivity contribution in [2.75, 3.05) is 7.11 Å². The van der Waals surface area contributed by atoms with E-state index in [1.165, 1.54) is 5.56 Å². The predicted octanol–water partition coefficient (Wildman–Crippen LogP) is 5.26. The highest BCUT2D eigenvalue weighted by Gasteiger charge is 2.24. The summed E-state index contributed by atoms with van der Waals surface area (Å²) in [4.78, 5) is 0. The van der Waals surface area contributed by atoms with E-state index in [1.807, 2.05) is 36.4 Å². The molecule has 1 unspecified atom stereocenters. The monoisotopic (exact) mass is 314 g/mol. The molecule has 0 N–H and O–H groups in total. The largest absolute Gasteiger partial charge is 0.497 e. The zero-order valence-electron chi connectivity index (χ0n) is 13.5. The van der Waals surface area contributed by atoms with Crippen molar-refractivity contribution < 1.29 is 9.47 Å². The van der Waals surface area contributed by atoms with Crippen LogP contribution < -0.4 is 9.47 Å². The van der Waals surface area contributed by atoms with Gasteiger partial charge in [-0.05, 0) is 29.8 Å². The van der Waals surface area contributed by atoms with Crippen LogP contribution in [0.25, 0.3) is 5.76 Å². The molecule has 0 saturated heterocycles. The van der Waals surface area contributed by atoms with Crippen molar-refractivity contribution >= 4 is 5.76 Å². The van der Waals surface area contributed by atoms with Gasteiger partial charge < -0.3 is 9.47 Å². The van der Waals surface area contributed by atoms with Gasteiger partial charge in [0, 0.05) is 17.0 Å². The van der Waals surface area contributed by atoms with Gasteiger partial charge in [0.15, 0.2) is 0 Å². The van der Waals surface area contributed by atoms with Gasteiger partial charge in [0.2, 0.25) is 0 Å². The molecular weight excluding hydrogens is 296 g/mol. The first-order valence-corrected chi connectivity index (χ1v) is 8.03. The standard InChI is InChI=1S/C22H18O2/c1-23-18-12-13-21-20(14-18)19(16-8-4-2-5-9-16)15-22(24-21)17-10-6-3-7-11-17/h2-15,19H,1H3. The van der Waals surface area contributed by atoms with E-state index in [-0.39, 0.29) is 5.92 Å². The minimum atomic E-state index is 0.139. The van der Waals surface area contributed by atoms with Gasteiger partial charge in [-0.3, -0.25) is 0 Å². The molecule has 0 aromatic heterocycles. The lowest BCUT2D eigenvalue weighted by Crippen LogP contribution is -2.10. The Labute approximate surface area is 142 Å². The molecule has 0 amide bonds. The van der Waals surface area contributed by atoms with E-state index >= 15 is 0 Å². The van der Waals surface area contributed by atoms with Crippen molar-refractivity contribution in [2.45, 2.75) is 5.92 Å². The maximum atomic E-state index is 6.17. The first kappa shape index (κ1) is 14.6. The Hall–Kier alpha value is -3.00. The number of allylic oxidation sites excluding steroid dienone is 1. The summed E-state index contributed by atoms with van der Waals surface area (Å²) >= 11 is 0. The van der Waals surface area contributed by atoms with Gasteiger partial charge in [0.1, 0.15) is 17.3 Å². The van der Waals surface area contributed by atoms with Crippen LogP contribution in [0.4, 0.5) is 0 Å². The summed E-state index contributed by atoms with van der Waals surface area (Å²) in [6.07, 6.45) is 2.19. The Morgan fingerprint density at radius 1 is 0.833 bits per heavy atom. The molecule has 1 heterocycles. The summed E-state index contributed by atoms with van der Waals surface area (Å²) in [5, 5.41) is 0. The van der Waals surface area contributed by atoms with Crippen molar-refractivity contribution in [3.8, 4) is 11.5 Å². The van der Waals surface area contributed by atoms with E-state index in [0.717, 1.165) is 28.4 Å². The number of rotatable bonds is 3. The average molecular weight is 314 g/mol. The zero-order valence-corrected chi connectivity index (χ0v) is 13.5. The fourth-order valence-electron chi connectivity index (χ4n) is 3.08. The molecule has 1 aliphatic heterocycles. The average Bonchev–Trinajstić information content (AvgIpc) is 2.68. The fraction of sp³-hybridized carbons (Fsp3) is 0.0909. The SMILES string of the molecule is COc1ccc2c(c1)C(c1ccccc1)C=C(c1ccccc1)O2. The van der Waals surface area contributed by atoms with Gasteiger partial charge >= 0.3 is 0 Å². The fourth-order valence-corrected chi connectivity index (χ4v) is 3.08. The first-order valence-electron chi connectivity index (χ1n) is 8.03. The molecule has 1 aliphatic rings. The van der Waals surface area contributed by atoms with E-state index < -0.39 is 0 Å². The summed E-state index contributed by atoms with van der Waals surface area (Å²) in [6.45, 7) is 0. The minimum absolute atomic E-state index is 0.139. The van der Waals surface area contributed by atoms with Crippen LogP contribution in [0.1, 0.15) is 22.6 Å². The van der Waals surface area contributed by atoms with Crippen molar-refractivity contribution in [3.63, 3.8) is 0 Å². The second-order valence-electron chi connectivity index (χ2n) is 5.79. The zero-order chi connectivity index (χ0) is 16.4. The minimum Gasteiger partial charge on any atom is -0.497 e. The Kier molecular flexibility index (Phi) is 3.80. The van der Waals surface area contributed by atoms with Gasteiger partial charge in [-0.2, -0.15) is 0 Å². The maximum absolute atomic E-state index is 6.17. The molecule has 0 bridgehead atoms. The van der Waals surface area contributed by atoms with Crippen LogP contribution in [-0.4, -0.2) is 7.11 Å². The molecule has 2 nitrogen and oxygen atoms in total. The lowest BCUT2D eigenvalue weighted by atomic mass is 9.87. The van der Waals surface area contributed by atoms with Gasteiger partial charge in [0.25, 0.3) is 0 Å². The molecule has 3 aromatic rings. The summed E-state index contributed by atoms with van der Waals surface area (Å²) in [5.74, 6) is 2.75. The van der Waals surface area contributed by atoms with Crippen LogP contribution in [0.15, 0.2) is 84.9 Å². The molecule has 4 rings (SSSR count). The Bertz CT molecular complexity index is 867. The molecule has 1 atom stereocenters. The number of benzene rings is 3. The van der Waals surface area contributed by atoms with Crippen LogP contribution in [0.5, 0.6) is 11.5 Å². The Balaban J connectivity index is 1.85. The Morgan fingerprint density at radius 3 is 2.25 bits per heavy atom. The topological polar surface area (TPSA) is 18.5 Å². The second-order valence-corrected chi connectivity index (χ2v) is 5.79. The molecule has 0 spiro atoms. The molecule has 2 heteroatoms. The number of hydrogen-bond donors (Lipinski definition) is 0. The Morgan fingerprint density at radius 2 is 1.54 bits per heavy atom. The maximum Gasteiger partial charge on any atom is 0.131 e. The molecular formula is C22H18O2. The van der Waals surface area contributed by atoms with E-state index in [9.17, 15) is 0 Å². The van der Waals surface area contributed by atoms with Gasteiger partial charge in [-0.25, -0.2) is 0 Å². The van der Waals surface area contributed by atoms with E-state index in [2.05, 4.69) is 48.5 Å². The van der Waals surface area contributed by atoms with Crippen molar-refractivity contribution in [2.24, 2.45) is 0 Å². The summed E-state index contributed by atoms with van der Waals surface area (Å²) in [5.41, 5.74) is 3.45. The first-order chi connectivity index (χ1) is 11.8. The highest BCUT2D eigenvalue weighted by Crippen LogP contribution is 2.42. The van der Waals surface area contributed by atoms with Crippen molar-refractivity contribution in [1.29, 1.82) is 0 Å². The van der Waals surface area contributed by atoms with Crippen LogP contribution in [-0.2, 0) is 0 Å². The predicted molar refractivity (Wildman–Crippen MR) is 96.3 cm³/mol. The summed E-state index contributed by atoms with van der Waals surface area (Å²) < 4.78 is 11.6. The van der Waals surface area contributed by atoms with Crippen LogP contribution in [0, 0.1) is 0 Å². The second kappa shape index (κ2) is 6.25. The lowest BCUT2D eigenvalue weighted by Gasteiger charge is -2.26. The number of hydrogen-bond acceptors (Lipinski definition) is 2. The summed E-state index contributed by atoms with van der Waals surface area (Å²) in [7, 11) is 1.69. The van der Waals surface area contributed by atoms with Crippen LogP contribution in [0.3, 0.4) is 0 Å². The lowest BCUT2D eigenvalue weighted by molar-refractivity contribution is 0.411. The molecule has 0 fully saturated rings. The van der Waals surface area contributed by atoms with Gasteiger partial charge in [0.05, 0.1) is 7.11 Å². The van der Waals surface area contributed by atoms with Crippen molar-refractivity contribution in [1.82, 2.24) is 0 Å². The number of fused-ring (bicyclic) bond motifs is 1. The van der Waals surface area contributed by atoms with Crippen LogP contribution in [0.2, 0.25) is 0 Å². The van der Waals surface area contributed by atoms with Gasteiger partial charge in [-0.1, -0.05) is 60.7 Å². The molecule has 118 valence electrons. The van der Waals surface area contributed by atoms with E-state index in [0.29, 0.717) is 0 Å². The molecule has 0 saturated carbocycles. The third-order valence-electron chi connectivity index (χ3n) is 4.31. The van der Waals surface area contributed by atoms with Crippen molar-refractivity contribution in [3.05, 3.63) is 102 Å². The highest BCUT2D eigenvalue weighted by atomic mass is 16.5. The molecule has 0 radical (unpaired) electrons. The smallest absolute Gasteiger partial charge is 0.131 e. The van der Waals surface area contributed by atoms with E-state index in [4.69, 9.17) is 9.47 Å². The normalized spacial score (nSPS) is 15.9. The molecule has 3 aromatic carbocycles. The summed E-state index contributed by atoms with van der Waals surface area (Å²) in [6, 6.07) is 26.7. The molecule has 24 heavy (non-hydrogen) atoms. The third-order valence-corrected chi connectivity index (χ3v) is 4.31.